The molecule has 0 radical (unpaired) electrons. The number of anilines is 2. The Morgan fingerprint density at radius 1 is 1.15 bits per heavy atom. The lowest BCUT2D eigenvalue weighted by molar-refractivity contribution is -0.123. The van der Waals surface area contributed by atoms with Crippen LogP contribution in [0.1, 0.15) is 34.6 Å². The number of nitrogens with two attached hydrogens (primary N) is 1. The van der Waals surface area contributed by atoms with Gasteiger partial charge in [-0.15, -0.1) is 0 Å². The van der Waals surface area contributed by atoms with Gasteiger partial charge >= 0.3 is 5.97 Å². The molecule has 2 aromatic carbocycles. The van der Waals surface area contributed by atoms with E-state index in [0.717, 1.165) is 0 Å². The van der Waals surface area contributed by atoms with Gasteiger partial charge in [0.2, 0.25) is 0 Å². The van der Waals surface area contributed by atoms with Crippen LogP contribution in [-0.2, 0) is 9.53 Å². The molecule has 0 aliphatic carbocycles. The zero-order valence-electron chi connectivity index (χ0n) is 14.0. The van der Waals surface area contributed by atoms with Crippen molar-refractivity contribution in [2.45, 2.75) is 20.0 Å². The first-order chi connectivity index (χ1) is 12.2. The number of carbonyl (C=O) groups excluding carboxylic acids is 3. The van der Waals surface area contributed by atoms with Gasteiger partial charge < -0.3 is 15.8 Å². The number of ether oxygens (including phenoxy) is 1. The lowest BCUT2D eigenvalue weighted by atomic mass is 10.1. The number of benzene rings is 2. The number of amides is 1. The SMILES string of the molecule is CC(=O)c1cccc(NC(=O)C(C)OC(=O)c2cc(Cl)cc(Cl)c2N)c1. The minimum absolute atomic E-state index is 0.0165. The number of esters is 1. The van der Waals surface area contributed by atoms with Crippen molar-refractivity contribution in [2.24, 2.45) is 0 Å². The number of ketones is 1. The van der Waals surface area contributed by atoms with Crippen LogP contribution in [0, 0.1) is 0 Å². The van der Waals surface area contributed by atoms with Gasteiger partial charge in [0.05, 0.1) is 16.3 Å². The second-order valence-electron chi connectivity index (χ2n) is 5.52. The predicted octanol–water partition coefficient (Wildman–Crippen LogP) is 3.96. The van der Waals surface area contributed by atoms with Crippen LogP contribution >= 0.6 is 23.2 Å². The fourth-order valence-corrected chi connectivity index (χ4v) is 2.58. The van der Waals surface area contributed by atoms with Crippen LogP contribution in [0.4, 0.5) is 11.4 Å². The van der Waals surface area contributed by atoms with E-state index in [4.69, 9.17) is 33.7 Å². The van der Waals surface area contributed by atoms with Crippen LogP contribution in [0.2, 0.25) is 10.0 Å². The molecule has 6 nitrogen and oxygen atoms in total. The van der Waals surface area contributed by atoms with Crippen molar-refractivity contribution in [3.05, 3.63) is 57.6 Å². The number of carbonyl (C=O) groups is 3. The number of hydrogen-bond acceptors (Lipinski definition) is 5. The number of hydrogen-bond donors (Lipinski definition) is 2. The van der Waals surface area contributed by atoms with Gasteiger partial charge in [-0.2, -0.15) is 0 Å². The van der Waals surface area contributed by atoms with Crippen molar-refractivity contribution < 1.29 is 19.1 Å². The van der Waals surface area contributed by atoms with Crippen LogP contribution < -0.4 is 11.1 Å². The smallest absolute Gasteiger partial charge is 0.341 e. The molecule has 0 aliphatic rings. The number of Topliss-reactive ketones (excluding diaryl/α,β-unsaturated/α-hetero) is 1. The Morgan fingerprint density at radius 3 is 2.50 bits per heavy atom. The first kappa shape index (κ1) is 19.8. The molecule has 1 amide bonds. The van der Waals surface area contributed by atoms with Crippen LogP contribution in [0.25, 0.3) is 0 Å². The van der Waals surface area contributed by atoms with E-state index in [2.05, 4.69) is 5.32 Å². The summed E-state index contributed by atoms with van der Waals surface area (Å²) in [6, 6.07) is 9.13. The number of nitrogens with one attached hydrogen (secondary N) is 1. The summed E-state index contributed by atoms with van der Waals surface area (Å²) in [6.45, 7) is 2.83. The van der Waals surface area contributed by atoms with E-state index >= 15 is 0 Å². The lowest BCUT2D eigenvalue weighted by Crippen LogP contribution is -2.30. The Labute approximate surface area is 160 Å². The summed E-state index contributed by atoms with van der Waals surface area (Å²) in [4.78, 5) is 35.9. The number of rotatable bonds is 5. The van der Waals surface area contributed by atoms with Crippen molar-refractivity contribution in [1.82, 2.24) is 0 Å². The highest BCUT2D eigenvalue weighted by Gasteiger charge is 2.22. The Morgan fingerprint density at radius 2 is 1.85 bits per heavy atom. The van der Waals surface area contributed by atoms with E-state index in [0.29, 0.717) is 11.3 Å². The quantitative estimate of drug-likeness (QED) is 0.454. The van der Waals surface area contributed by atoms with Crippen LogP contribution in [0.15, 0.2) is 36.4 Å². The van der Waals surface area contributed by atoms with Crippen molar-refractivity contribution in [3.63, 3.8) is 0 Å². The van der Waals surface area contributed by atoms with E-state index in [1.807, 2.05) is 0 Å². The molecule has 0 spiro atoms. The third-order valence-corrected chi connectivity index (χ3v) is 4.03. The molecule has 26 heavy (non-hydrogen) atoms. The van der Waals surface area contributed by atoms with Gasteiger partial charge in [0.1, 0.15) is 0 Å². The third kappa shape index (κ3) is 4.74. The zero-order valence-corrected chi connectivity index (χ0v) is 15.5. The molecule has 0 saturated heterocycles. The molecule has 3 N–H and O–H groups in total. The largest absolute Gasteiger partial charge is 0.449 e. The van der Waals surface area contributed by atoms with Crippen molar-refractivity contribution in [1.29, 1.82) is 0 Å². The average molecular weight is 395 g/mol. The summed E-state index contributed by atoms with van der Waals surface area (Å²) in [5.74, 6) is -1.52. The summed E-state index contributed by atoms with van der Waals surface area (Å²) < 4.78 is 5.12. The maximum Gasteiger partial charge on any atom is 0.341 e. The highest BCUT2D eigenvalue weighted by molar-refractivity contribution is 6.37. The van der Waals surface area contributed by atoms with Gasteiger partial charge in [0.15, 0.2) is 11.9 Å². The molecule has 0 fully saturated rings. The lowest BCUT2D eigenvalue weighted by Gasteiger charge is -2.15. The zero-order chi connectivity index (χ0) is 19.4. The van der Waals surface area contributed by atoms with Gasteiger partial charge in [-0.05, 0) is 38.1 Å². The molecule has 1 atom stereocenters. The highest BCUT2D eigenvalue weighted by atomic mass is 35.5. The maximum atomic E-state index is 12.2. The van der Waals surface area contributed by atoms with Crippen LogP contribution in [0.3, 0.4) is 0 Å². The van der Waals surface area contributed by atoms with E-state index in [1.165, 1.54) is 32.0 Å². The van der Waals surface area contributed by atoms with Gasteiger partial charge in [0.25, 0.3) is 5.91 Å². The molecule has 1 unspecified atom stereocenters. The minimum atomic E-state index is -1.11. The van der Waals surface area contributed by atoms with Crippen LogP contribution in [-0.4, -0.2) is 23.8 Å². The summed E-state index contributed by atoms with van der Waals surface area (Å²) in [6.07, 6.45) is -1.11. The fraction of sp³-hybridized carbons (Fsp3) is 0.167. The molecule has 0 aromatic heterocycles. The predicted molar refractivity (Wildman–Crippen MR) is 101 cm³/mol. The van der Waals surface area contributed by atoms with E-state index in [-0.39, 0.29) is 27.1 Å². The maximum absolute atomic E-state index is 12.2. The molecule has 0 heterocycles. The monoisotopic (exact) mass is 394 g/mol. The first-order valence-electron chi connectivity index (χ1n) is 7.56. The molecule has 8 heteroatoms. The molecule has 0 bridgehead atoms. The standard InChI is InChI=1S/C18H16Cl2N2O4/c1-9(23)11-4-3-5-13(6-11)22-17(24)10(2)26-18(25)14-7-12(19)8-15(20)16(14)21/h3-8,10H,21H2,1-2H3,(H,22,24). The first-order valence-corrected chi connectivity index (χ1v) is 8.32. The van der Waals surface area contributed by atoms with Crippen molar-refractivity contribution >= 4 is 52.2 Å². The Hall–Kier alpha value is -2.57. The van der Waals surface area contributed by atoms with E-state index in [9.17, 15) is 14.4 Å². The second-order valence-corrected chi connectivity index (χ2v) is 6.37. The molecular formula is C18H16Cl2N2O4. The third-order valence-electron chi connectivity index (χ3n) is 3.50. The molecule has 0 saturated carbocycles. The number of nitrogen functional groups attached to an aromatic ring is 1. The summed E-state index contributed by atoms with van der Waals surface area (Å²) >= 11 is 11.7. The Bertz CT molecular complexity index is 883. The average Bonchev–Trinajstić information content (AvgIpc) is 2.58. The van der Waals surface area contributed by atoms with Gasteiger partial charge in [-0.25, -0.2) is 4.79 Å². The second kappa shape index (κ2) is 8.21. The minimum Gasteiger partial charge on any atom is -0.449 e. The molecular weight excluding hydrogens is 379 g/mol. The molecule has 136 valence electrons. The summed E-state index contributed by atoms with van der Waals surface area (Å²) in [5.41, 5.74) is 6.60. The number of halogens is 2. The normalized spacial score (nSPS) is 11.5. The summed E-state index contributed by atoms with van der Waals surface area (Å²) in [7, 11) is 0. The summed E-state index contributed by atoms with van der Waals surface area (Å²) in [5, 5.41) is 2.91. The molecule has 2 rings (SSSR count). The van der Waals surface area contributed by atoms with Gasteiger partial charge in [-0.3, -0.25) is 9.59 Å². The van der Waals surface area contributed by atoms with E-state index < -0.39 is 18.0 Å². The molecule has 0 aliphatic heterocycles. The Kier molecular flexibility index (Phi) is 6.23. The highest BCUT2D eigenvalue weighted by Crippen LogP contribution is 2.28. The topological polar surface area (TPSA) is 98.5 Å². The molecule has 2 aromatic rings. The Balaban J connectivity index is 2.08. The van der Waals surface area contributed by atoms with E-state index in [1.54, 1.807) is 18.2 Å². The van der Waals surface area contributed by atoms with Gasteiger partial charge in [0, 0.05) is 16.3 Å². The van der Waals surface area contributed by atoms with Crippen molar-refractivity contribution in [3.8, 4) is 0 Å². The van der Waals surface area contributed by atoms with Crippen LogP contribution in [0.5, 0.6) is 0 Å². The fourth-order valence-electron chi connectivity index (χ4n) is 2.09. The van der Waals surface area contributed by atoms with Crippen molar-refractivity contribution in [2.75, 3.05) is 11.1 Å². The van der Waals surface area contributed by atoms with Gasteiger partial charge in [-0.1, -0.05) is 35.3 Å².